The molecule has 0 bridgehead atoms. The number of esters is 1. The number of fused-ring (bicyclic) bond motifs is 5. The number of carbonyl (C=O) groups excluding carboxylic acids is 1. The molecule has 5 aliphatic rings. The van der Waals surface area contributed by atoms with Gasteiger partial charge in [0, 0.05) is 30.7 Å². The highest BCUT2D eigenvalue weighted by atomic mass is 16.7. The first-order valence-electron chi connectivity index (χ1n) is 15.7. The Hall–Kier alpha value is -1.86. The molecule has 5 N–H and O–H groups in total. The van der Waals surface area contributed by atoms with Crippen LogP contribution in [0.4, 0.5) is 0 Å². The van der Waals surface area contributed by atoms with Crippen LogP contribution < -0.4 is 5.63 Å². The van der Waals surface area contributed by atoms with Crippen molar-refractivity contribution in [1.29, 1.82) is 0 Å². The van der Waals surface area contributed by atoms with Crippen molar-refractivity contribution in [2.75, 3.05) is 0 Å². The molecule has 0 spiro atoms. The van der Waals surface area contributed by atoms with Crippen molar-refractivity contribution in [3.05, 3.63) is 34.4 Å². The van der Waals surface area contributed by atoms with Crippen molar-refractivity contribution in [3.8, 4) is 0 Å². The van der Waals surface area contributed by atoms with Crippen LogP contribution >= 0.6 is 0 Å². The van der Waals surface area contributed by atoms with Gasteiger partial charge in [-0.25, -0.2) is 4.79 Å². The lowest BCUT2D eigenvalue weighted by molar-refractivity contribution is -0.327. The van der Waals surface area contributed by atoms with E-state index in [2.05, 4.69) is 6.92 Å². The summed E-state index contributed by atoms with van der Waals surface area (Å²) < 4.78 is 23.0. The Morgan fingerprint density at radius 3 is 2.42 bits per heavy atom. The summed E-state index contributed by atoms with van der Waals surface area (Å²) in [5.41, 5.74) is -3.78. The maximum Gasteiger partial charge on any atom is 0.335 e. The van der Waals surface area contributed by atoms with Gasteiger partial charge >= 0.3 is 11.6 Å². The molecule has 14 atom stereocenters. The fraction of sp³-hybridized carbons (Fsp3) is 0.812. The van der Waals surface area contributed by atoms with E-state index in [1.807, 2.05) is 6.92 Å². The van der Waals surface area contributed by atoms with E-state index < -0.39 is 70.4 Å². The summed E-state index contributed by atoms with van der Waals surface area (Å²) in [6.07, 6.45) is -1.42. The van der Waals surface area contributed by atoms with Crippen LogP contribution in [-0.2, 0) is 19.0 Å². The third-order valence-electron chi connectivity index (χ3n) is 12.5. The number of aliphatic hydroxyl groups excluding tert-OH is 3. The van der Waals surface area contributed by atoms with Gasteiger partial charge < -0.3 is 44.2 Å². The first-order chi connectivity index (χ1) is 20.1. The molecule has 11 heteroatoms. The number of carbonyl (C=O) groups is 1. The Balaban J connectivity index is 1.29. The molecular weight excluding hydrogens is 560 g/mol. The molecular formula is C32H46O11. The predicted octanol–water partition coefficient (Wildman–Crippen LogP) is 1.75. The molecule has 1 saturated heterocycles. The van der Waals surface area contributed by atoms with Crippen LogP contribution in [0.3, 0.4) is 0 Å². The summed E-state index contributed by atoms with van der Waals surface area (Å²) in [4.78, 5) is 24.0. The van der Waals surface area contributed by atoms with Crippen LogP contribution in [0.1, 0.15) is 90.5 Å². The maximum absolute atomic E-state index is 12.8. The van der Waals surface area contributed by atoms with E-state index >= 15 is 0 Å². The van der Waals surface area contributed by atoms with Gasteiger partial charge in [-0.1, -0.05) is 13.8 Å². The summed E-state index contributed by atoms with van der Waals surface area (Å²) in [5, 5.41) is 56.3. The van der Waals surface area contributed by atoms with Gasteiger partial charge in [0.15, 0.2) is 6.29 Å². The van der Waals surface area contributed by atoms with Gasteiger partial charge in [-0.2, -0.15) is 0 Å². The van der Waals surface area contributed by atoms with Crippen LogP contribution in [-0.4, -0.2) is 85.6 Å². The second kappa shape index (κ2) is 10.6. The first-order valence-corrected chi connectivity index (χ1v) is 15.7. The van der Waals surface area contributed by atoms with Gasteiger partial charge in [-0.15, -0.1) is 0 Å². The molecule has 1 aliphatic heterocycles. The molecule has 0 radical (unpaired) electrons. The number of ether oxygens (including phenoxy) is 3. The maximum atomic E-state index is 12.8. The van der Waals surface area contributed by atoms with Crippen molar-refractivity contribution in [2.24, 2.45) is 22.7 Å². The van der Waals surface area contributed by atoms with Gasteiger partial charge in [-0.3, -0.25) is 4.79 Å². The van der Waals surface area contributed by atoms with E-state index in [1.54, 1.807) is 13.0 Å². The standard InChI is InChI=1S/C32H46O11/c1-16-25(35)26(36)27(37)28(41-16)43-19-7-10-29(3)21(13-19)22(42-17(2)33)14-31(38)23(29)9-11-30(4)20(8-12-32(30,31)39)18-5-6-24(34)40-15-18/h5-6,15-16,19-23,25-28,35-39H,7-14H2,1-4H3. The van der Waals surface area contributed by atoms with Crippen LogP contribution in [0.15, 0.2) is 27.6 Å². The SMILES string of the molecule is CC(=O)OC1CC2(O)C(CCC3(C)C(c4ccc(=O)oc4)CCC32O)C2(C)CCC(OC3OC(C)C(O)C(O)C3O)CC12. The van der Waals surface area contributed by atoms with E-state index in [4.69, 9.17) is 18.6 Å². The Morgan fingerprint density at radius 2 is 1.74 bits per heavy atom. The minimum atomic E-state index is -1.53. The third kappa shape index (κ3) is 4.56. The number of rotatable bonds is 4. The molecule has 2 heterocycles. The highest BCUT2D eigenvalue weighted by Crippen LogP contribution is 2.72. The molecule has 4 saturated carbocycles. The average molecular weight is 607 g/mol. The zero-order chi connectivity index (χ0) is 31.1. The molecule has 6 rings (SSSR count). The van der Waals surface area contributed by atoms with E-state index in [9.17, 15) is 35.1 Å². The normalized spacial score (nSPS) is 51.2. The summed E-state index contributed by atoms with van der Waals surface area (Å²) >= 11 is 0. The van der Waals surface area contributed by atoms with Crippen molar-refractivity contribution < 1.29 is 49.0 Å². The number of hydrogen-bond donors (Lipinski definition) is 5. The molecule has 1 aromatic heterocycles. The van der Waals surface area contributed by atoms with E-state index in [0.717, 1.165) is 5.56 Å². The highest BCUT2D eigenvalue weighted by Gasteiger charge is 2.75. The van der Waals surface area contributed by atoms with Gasteiger partial charge in [0.05, 0.1) is 24.1 Å². The molecule has 1 aromatic rings. The summed E-state index contributed by atoms with van der Waals surface area (Å²) in [5.74, 6) is -1.05. The lowest BCUT2D eigenvalue weighted by atomic mass is 9.40. The Morgan fingerprint density at radius 1 is 1.00 bits per heavy atom. The summed E-state index contributed by atoms with van der Waals surface area (Å²) in [6, 6.07) is 3.14. The zero-order valence-electron chi connectivity index (χ0n) is 25.3. The molecule has 0 aromatic carbocycles. The van der Waals surface area contributed by atoms with E-state index in [1.165, 1.54) is 19.3 Å². The van der Waals surface area contributed by atoms with Gasteiger partial charge in [0.1, 0.15) is 30.0 Å². The second-order valence-electron chi connectivity index (χ2n) is 14.5. The number of aliphatic hydroxyl groups is 5. The fourth-order valence-electron chi connectivity index (χ4n) is 10.2. The second-order valence-corrected chi connectivity index (χ2v) is 14.5. The quantitative estimate of drug-likeness (QED) is 0.249. The minimum Gasteiger partial charge on any atom is -0.462 e. The smallest absolute Gasteiger partial charge is 0.335 e. The number of hydrogen-bond acceptors (Lipinski definition) is 11. The minimum absolute atomic E-state index is 0.0808. The Bertz CT molecular complexity index is 1260. The van der Waals surface area contributed by atoms with Crippen molar-refractivity contribution in [2.45, 2.75) is 139 Å². The monoisotopic (exact) mass is 606 g/mol. The van der Waals surface area contributed by atoms with Gasteiger partial charge in [0.25, 0.3) is 0 Å². The lowest BCUT2D eigenvalue weighted by Gasteiger charge is -2.68. The summed E-state index contributed by atoms with van der Waals surface area (Å²) in [6.45, 7) is 7.10. The van der Waals surface area contributed by atoms with Crippen molar-refractivity contribution in [3.63, 3.8) is 0 Å². The average Bonchev–Trinajstić information content (AvgIpc) is 3.23. The summed E-state index contributed by atoms with van der Waals surface area (Å²) in [7, 11) is 0. The van der Waals surface area contributed by atoms with E-state index in [0.29, 0.717) is 44.9 Å². The Labute approximate surface area is 251 Å². The zero-order valence-corrected chi connectivity index (χ0v) is 25.3. The molecule has 43 heavy (non-hydrogen) atoms. The van der Waals surface area contributed by atoms with Crippen LogP contribution in [0.5, 0.6) is 0 Å². The molecule has 4 aliphatic carbocycles. The topological polar surface area (TPSA) is 176 Å². The van der Waals surface area contributed by atoms with Crippen LogP contribution in [0.25, 0.3) is 0 Å². The first kappa shape index (κ1) is 31.1. The van der Waals surface area contributed by atoms with Gasteiger partial charge in [0.2, 0.25) is 0 Å². The fourth-order valence-corrected chi connectivity index (χ4v) is 10.2. The molecule has 14 unspecified atom stereocenters. The van der Waals surface area contributed by atoms with Gasteiger partial charge in [-0.05, 0) is 80.8 Å². The largest absolute Gasteiger partial charge is 0.462 e. The molecule has 240 valence electrons. The lowest BCUT2D eigenvalue weighted by Crippen LogP contribution is -2.75. The van der Waals surface area contributed by atoms with Crippen LogP contribution in [0, 0.1) is 22.7 Å². The van der Waals surface area contributed by atoms with Crippen LogP contribution in [0.2, 0.25) is 0 Å². The highest BCUT2D eigenvalue weighted by molar-refractivity contribution is 5.66. The third-order valence-corrected chi connectivity index (χ3v) is 12.5. The predicted molar refractivity (Wildman–Crippen MR) is 151 cm³/mol. The Kier molecular flexibility index (Phi) is 7.68. The molecule has 11 nitrogen and oxygen atoms in total. The van der Waals surface area contributed by atoms with E-state index in [-0.39, 0.29) is 30.3 Å². The van der Waals surface area contributed by atoms with Crippen molar-refractivity contribution >= 4 is 5.97 Å². The molecule has 0 amide bonds. The molecule has 5 fully saturated rings. The van der Waals surface area contributed by atoms with Crippen molar-refractivity contribution in [1.82, 2.24) is 0 Å².